The third-order valence-corrected chi connectivity index (χ3v) is 5.56. The number of allylic oxidation sites excluding steroid dienone is 1. The summed E-state index contributed by atoms with van der Waals surface area (Å²) in [5, 5.41) is 6.26. The molecular weight excluding hydrogens is 428 g/mol. The minimum atomic E-state index is -4.64. The molecule has 0 bridgehead atoms. The number of aromatic nitrogens is 1. The molecule has 1 aromatic carbocycles. The lowest BCUT2D eigenvalue weighted by Gasteiger charge is -2.31. The molecule has 1 aromatic heterocycles. The van der Waals surface area contributed by atoms with E-state index in [1.54, 1.807) is 0 Å². The first-order valence-electron chi connectivity index (χ1n) is 10.2. The van der Waals surface area contributed by atoms with Gasteiger partial charge in [0.25, 0.3) is 0 Å². The second kappa shape index (κ2) is 8.68. The van der Waals surface area contributed by atoms with Crippen molar-refractivity contribution in [3.63, 3.8) is 0 Å². The molecule has 2 N–H and O–H groups in total. The maximum atomic E-state index is 13.8. The SMILES string of the molecule is O=C1CC(C(=O)N[C@@H]2CCC[C@H](Nc3cc(C(F)(F)F)nc4ccc(F)cc34)C2)=CC=N1. The van der Waals surface area contributed by atoms with Crippen molar-refractivity contribution >= 4 is 34.6 Å². The van der Waals surface area contributed by atoms with Crippen molar-refractivity contribution in [3.8, 4) is 0 Å². The lowest BCUT2D eigenvalue weighted by Crippen LogP contribution is -2.42. The van der Waals surface area contributed by atoms with Gasteiger partial charge in [0, 0.05) is 34.9 Å². The van der Waals surface area contributed by atoms with Crippen molar-refractivity contribution in [2.75, 3.05) is 5.32 Å². The highest BCUT2D eigenvalue weighted by Gasteiger charge is 2.34. The summed E-state index contributed by atoms with van der Waals surface area (Å²) in [7, 11) is 0. The van der Waals surface area contributed by atoms with Crippen molar-refractivity contribution in [3.05, 3.63) is 47.4 Å². The van der Waals surface area contributed by atoms with Crippen LogP contribution in [0, 0.1) is 5.82 Å². The molecular formula is C22H20F4N4O2. The molecule has 4 rings (SSSR count). The van der Waals surface area contributed by atoms with E-state index in [0.717, 1.165) is 24.6 Å². The molecule has 0 saturated heterocycles. The van der Waals surface area contributed by atoms with Gasteiger partial charge in [-0.15, -0.1) is 0 Å². The summed E-state index contributed by atoms with van der Waals surface area (Å²) < 4.78 is 53.7. The Kier molecular flexibility index (Phi) is 5.94. The number of pyridine rings is 1. The molecule has 0 spiro atoms. The second-order valence-electron chi connectivity index (χ2n) is 7.93. The molecule has 2 aliphatic rings. The molecule has 2 amide bonds. The van der Waals surface area contributed by atoms with E-state index in [1.807, 2.05) is 0 Å². The van der Waals surface area contributed by atoms with Crippen LogP contribution in [0.5, 0.6) is 0 Å². The third-order valence-electron chi connectivity index (χ3n) is 5.56. The number of alkyl halides is 3. The Morgan fingerprint density at radius 2 is 1.91 bits per heavy atom. The van der Waals surface area contributed by atoms with Crippen LogP contribution < -0.4 is 10.6 Å². The molecule has 1 saturated carbocycles. The maximum absolute atomic E-state index is 13.8. The summed E-state index contributed by atoms with van der Waals surface area (Å²) in [6.07, 6.45) is 0.679. The van der Waals surface area contributed by atoms with Gasteiger partial charge in [0.1, 0.15) is 11.5 Å². The molecule has 2 atom stereocenters. The van der Waals surface area contributed by atoms with E-state index in [1.165, 1.54) is 18.4 Å². The fourth-order valence-electron chi connectivity index (χ4n) is 4.05. The normalized spacial score (nSPS) is 21.4. The van der Waals surface area contributed by atoms with Crippen LogP contribution in [0.3, 0.4) is 0 Å². The molecule has 32 heavy (non-hydrogen) atoms. The predicted octanol–water partition coefficient (Wildman–Crippen LogP) is 4.16. The number of fused-ring (bicyclic) bond motifs is 1. The number of aliphatic imine (C=N–C) groups is 1. The van der Waals surface area contributed by atoms with Crippen molar-refractivity contribution < 1.29 is 27.2 Å². The number of hydrogen-bond acceptors (Lipinski definition) is 4. The number of amides is 2. The van der Waals surface area contributed by atoms with Gasteiger partial charge in [-0.25, -0.2) is 14.4 Å². The molecule has 0 radical (unpaired) electrons. The van der Waals surface area contributed by atoms with Crippen LogP contribution in [0.4, 0.5) is 23.2 Å². The number of carbonyl (C=O) groups is 2. The number of nitrogens with one attached hydrogen (secondary N) is 2. The maximum Gasteiger partial charge on any atom is 0.433 e. The average Bonchev–Trinajstić information content (AvgIpc) is 2.73. The van der Waals surface area contributed by atoms with Gasteiger partial charge in [-0.2, -0.15) is 13.2 Å². The monoisotopic (exact) mass is 448 g/mol. The topological polar surface area (TPSA) is 83.5 Å². The first kappa shape index (κ1) is 21.9. The zero-order chi connectivity index (χ0) is 22.9. The van der Waals surface area contributed by atoms with Crippen molar-refractivity contribution in [1.29, 1.82) is 0 Å². The Morgan fingerprint density at radius 1 is 1.12 bits per heavy atom. The van der Waals surface area contributed by atoms with Gasteiger partial charge in [0.05, 0.1) is 11.9 Å². The summed E-state index contributed by atoms with van der Waals surface area (Å²) in [4.78, 5) is 31.1. The second-order valence-corrected chi connectivity index (χ2v) is 7.93. The highest BCUT2D eigenvalue weighted by atomic mass is 19.4. The van der Waals surface area contributed by atoms with E-state index in [0.29, 0.717) is 24.8 Å². The van der Waals surface area contributed by atoms with E-state index in [-0.39, 0.29) is 41.0 Å². The highest BCUT2D eigenvalue weighted by molar-refractivity contribution is 6.06. The van der Waals surface area contributed by atoms with E-state index >= 15 is 0 Å². The van der Waals surface area contributed by atoms with E-state index in [2.05, 4.69) is 20.6 Å². The van der Waals surface area contributed by atoms with Crippen LogP contribution in [0.25, 0.3) is 10.9 Å². The Balaban J connectivity index is 1.52. The quantitative estimate of drug-likeness (QED) is 0.688. The van der Waals surface area contributed by atoms with E-state index < -0.39 is 23.6 Å². The Hall–Kier alpha value is -3.30. The number of dihydropyridines is 1. The van der Waals surface area contributed by atoms with Gasteiger partial charge in [0.2, 0.25) is 11.8 Å². The number of anilines is 1. The Labute approximate surface area is 180 Å². The smallest absolute Gasteiger partial charge is 0.382 e. The fraction of sp³-hybridized carbons (Fsp3) is 0.364. The third kappa shape index (κ3) is 4.95. The van der Waals surface area contributed by atoms with E-state index in [4.69, 9.17) is 0 Å². The lowest BCUT2D eigenvalue weighted by atomic mass is 9.90. The van der Waals surface area contributed by atoms with Crippen LogP contribution in [-0.4, -0.2) is 35.1 Å². The molecule has 1 fully saturated rings. The average molecular weight is 448 g/mol. The molecule has 0 unspecified atom stereocenters. The predicted molar refractivity (Wildman–Crippen MR) is 111 cm³/mol. The summed E-state index contributed by atoms with van der Waals surface area (Å²) in [6, 6.07) is 3.89. The van der Waals surface area contributed by atoms with Crippen LogP contribution in [0.15, 0.2) is 40.9 Å². The van der Waals surface area contributed by atoms with Crippen LogP contribution >= 0.6 is 0 Å². The van der Waals surface area contributed by atoms with Gasteiger partial charge < -0.3 is 10.6 Å². The largest absolute Gasteiger partial charge is 0.433 e. The van der Waals surface area contributed by atoms with Gasteiger partial charge in [-0.3, -0.25) is 9.59 Å². The molecule has 168 valence electrons. The fourth-order valence-corrected chi connectivity index (χ4v) is 4.05. The Bertz CT molecular complexity index is 1130. The number of rotatable bonds is 4. The van der Waals surface area contributed by atoms with Crippen LogP contribution in [-0.2, 0) is 15.8 Å². The molecule has 10 heteroatoms. The summed E-state index contributed by atoms with van der Waals surface area (Å²) in [5.41, 5.74) is -0.545. The molecule has 6 nitrogen and oxygen atoms in total. The van der Waals surface area contributed by atoms with Gasteiger partial charge >= 0.3 is 6.18 Å². The zero-order valence-electron chi connectivity index (χ0n) is 16.9. The highest BCUT2D eigenvalue weighted by Crippen LogP contribution is 2.34. The van der Waals surface area contributed by atoms with Crippen LogP contribution in [0.1, 0.15) is 37.8 Å². The summed E-state index contributed by atoms with van der Waals surface area (Å²) in [6.45, 7) is 0. The Morgan fingerprint density at radius 3 is 2.66 bits per heavy atom. The zero-order valence-corrected chi connectivity index (χ0v) is 16.9. The number of hydrogen-bond donors (Lipinski definition) is 2. The molecule has 1 aliphatic carbocycles. The molecule has 1 aliphatic heterocycles. The number of halogens is 4. The minimum Gasteiger partial charge on any atom is -0.382 e. The first-order valence-corrected chi connectivity index (χ1v) is 10.2. The van der Waals surface area contributed by atoms with Crippen LogP contribution in [0.2, 0.25) is 0 Å². The first-order chi connectivity index (χ1) is 15.2. The summed E-state index contributed by atoms with van der Waals surface area (Å²) >= 11 is 0. The minimum absolute atomic E-state index is 0.0416. The number of benzene rings is 1. The number of nitrogens with zero attached hydrogens (tertiary/aromatic N) is 2. The van der Waals surface area contributed by atoms with Gasteiger partial charge in [-0.1, -0.05) is 0 Å². The van der Waals surface area contributed by atoms with Gasteiger partial charge in [0.15, 0.2) is 0 Å². The van der Waals surface area contributed by atoms with Crippen molar-refractivity contribution in [2.24, 2.45) is 4.99 Å². The molecule has 2 aromatic rings. The molecule has 2 heterocycles. The summed E-state index contributed by atoms with van der Waals surface area (Å²) in [5.74, 6) is -1.32. The lowest BCUT2D eigenvalue weighted by molar-refractivity contribution is -0.140. The van der Waals surface area contributed by atoms with Crippen molar-refractivity contribution in [2.45, 2.75) is 50.4 Å². The number of carbonyl (C=O) groups excluding carboxylic acids is 2. The van der Waals surface area contributed by atoms with Crippen molar-refractivity contribution in [1.82, 2.24) is 10.3 Å². The van der Waals surface area contributed by atoms with E-state index in [9.17, 15) is 27.2 Å². The van der Waals surface area contributed by atoms with Gasteiger partial charge in [-0.05, 0) is 56.0 Å². The standard InChI is InChI=1S/C22H20F4N4O2/c23-13-4-5-17-16(9-13)18(11-19(30-17)22(24,25)26)28-14-2-1-3-15(10-14)29-21(32)12-6-7-27-20(31)8-12/h4-7,9,11,14-15H,1-3,8,10H2,(H,28,30)(H,29,32)/t14-,15+/m0/s1.